The van der Waals surface area contributed by atoms with E-state index in [1.807, 2.05) is 42.5 Å². The lowest BCUT2D eigenvalue weighted by molar-refractivity contribution is 0.0946. The average Bonchev–Trinajstić information content (AvgIpc) is 3.25. The number of carbonyl (C=O) groups excluding carboxylic acids is 1. The number of rotatable bonds is 4. The number of hydrogen-bond acceptors (Lipinski definition) is 4. The number of nitrogens with one attached hydrogen (secondary N) is 1. The fraction of sp³-hybridized carbons (Fsp3) is 0.103. The summed E-state index contributed by atoms with van der Waals surface area (Å²) in [6, 6.07) is 20.1. The van der Waals surface area contributed by atoms with Crippen LogP contribution in [0.4, 0.5) is 4.39 Å². The maximum Gasteiger partial charge on any atom is 0.253 e. The van der Waals surface area contributed by atoms with Crippen molar-refractivity contribution in [1.29, 1.82) is 5.26 Å². The van der Waals surface area contributed by atoms with Gasteiger partial charge in [0.1, 0.15) is 5.82 Å². The zero-order valence-corrected chi connectivity index (χ0v) is 19.2. The van der Waals surface area contributed by atoms with Gasteiger partial charge in [-0.15, -0.1) is 0 Å². The lowest BCUT2D eigenvalue weighted by atomic mass is 9.94. The van der Waals surface area contributed by atoms with Gasteiger partial charge in [-0.05, 0) is 53.6 Å². The number of hydrogen-bond donors (Lipinski definition) is 1. The number of halogens is 1. The van der Waals surface area contributed by atoms with Gasteiger partial charge in [0.05, 0.1) is 28.4 Å². The summed E-state index contributed by atoms with van der Waals surface area (Å²) < 4.78 is 16.0. The van der Waals surface area contributed by atoms with E-state index in [4.69, 9.17) is 0 Å². The van der Waals surface area contributed by atoms with E-state index in [2.05, 4.69) is 25.9 Å². The summed E-state index contributed by atoms with van der Waals surface area (Å²) in [5.74, 6) is -0.588. The van der Waals surface area contributed by atoms with Gasteiger partial charge < -0.3 is 9.88 Å². The van der Waals surface area contributed by atoms with E-state index in [0.717, 1.165) is 39.0 Å². The molecule has 0 bridgehead atoms. The standard InChI is InChI=1S/C29H20FN5O/c30-23-5-3-21(22(15-23)16-31)17-35-25-9-13-34-29(36)27(25)26(28(35)18-7-11-32-12-8-18)20-4-6-24-19(14-20)2-1-10-33-24/h1-8,10-12,14-15H,9,13,17H2,(H,34,36). The molecule has 6 rings (SSSR count). The maximum absolute atomic E-state index is 13.9. The normalized spacial score (nSPS) is 12.7. The Morgan fingerprint density at radius 1 is 1.00 bits per heavy atom. The van der Waals surface area contributed by atoms with Gasteiger partial charge >= 0.3 is 0 Å². The SMILES string of the molecule is N#Cc1cc(F)ccc1Cn1c2c(c(-c3ccc4ncccc4c3)c1-c1ccncc1)C(=O)NCC2. The quantitative estimate of drug-likeness (QED) is 0.393. The molecule has 1 aliphatic rings. The highest BCUT2D eigenvalue weighted by molar-refractivity contribution is 6.07. The first kappa shape index (κ1) is 21.7. The summed E-state index contributed by atoms with van der Waals surface area (Å²) in [6.07, 6.45) is 5.83. The summed E-state index contributed by atoms with van der Waals surface area (Å²) >= 11 is 0. The van der Waals surface area contributed by atoms with Crippen molar-refractivity contribution >= 4 is 16.8 Å². The molecular weight excluding hydrogens is 453 g/mol. The fourth-order valence-corrected chi connectivity index (χ4v) is 5.01. The number of nitriles is 1. The van der Waals surface area contributed by atoms with Gasteiger partial charge in [0.2, 0.25) is 0 Å². The molecule has 2 aromatic carbocycles. The largest absolute Gasteiger partial charge is 0.352 e. The number of nitrogens with zero attached hydrogens (tertiary/aromatic N) is 4. The van der Waals surface area contributed by atoms with Gasteiger partial charge in [0.15, 0.2) is 0 Å². The smallest absolute Gasteiger partial charge is 0.253 e. The molecule has 4 heterocycles. The minimum absolute atomic E-state index is 0.133. The molecule has 1 N–H and O–H groups in total. The van der Waals surface area contributed by atoms with Crippen LogP contribution >= 0.6 is 0 Å². The van der Waals surface area contributed by atoms with Crippen molar-refractivity contribution in [2.24, 2.45) is 0 Å². The molecule has 6 nitrogen and oxygen atoms in total. The van der Waals surface area contributed by atoms with Crippen LogP contribution in [0.5, 0.6) is 0 Å². The van der Waals surface area contributed by atoms with Crippen LogP contribution in [-0.4, -0.2) is 27.0 Å². The third-order valence-electron chi connectivity index (χ3n) is 6.61. The predicted molar refractivity (Wildman–Crippen MR) is 135 cm³/mol. The molecule has 0 saturated heterocycles. The van der Waals surface area contributed by atoms with Crippen molar-refractivity contribution in [2.75, 3.05) is 6.54 Å². The zero-order chi connectivity index (χ0) is 24.6. The van der Waals surface area contributed by atoms with Crippen molar-refractivity contribution in [2.45, 2.75) is 13.0 Å². The monoisotopic (exact) mass is 473 g/mol. The van der Waals surface area contributed by atoms with E-state index < -0.39 is 5.82 Å². The number of carbonyl (C=O) groups is 1. The molecule has 3 aromatic heterocycles. The average molecular weight is 474 g/mol. The highest BCUT2D eigenvalue weighted by atomic mass is 19.1. The van der Waals surface area contributed by atoms with Gasteiger partial charge in [-0.3, -0.25) is 14.8 Å². The van der Waals surface area contributed by atoms with E-state index in [-0.39, 0.29) is 11.5 Å². The topological polar surface area (TPSA) is 83.6 Å². The molecule has 174 valence electrons. The van der Waals surface area contributed by atoms with Crippen molar-refractivity contribution in [3.05, 3.63) is 107 Å². The zero-order valence-electron chi connectivity index (χ0n) is 19.2. The summed E-state index contributed by atoms with van der Waals surface area (Å²) in [5.41, 5.74) is 6.81. The minimum Gasteiger partial charge on any atom is -0.352 e. The molecule has 0 unspecified atom stereocenters. The van der Waals surface area contributed by atoms with Crippen LogP contribution in [0, 0.1) is 17.1 Å². The number of benzene rings is 2. The third kappa shape index (κ3) is 3.60. The Morgan fingerprint density at radius 3 is 2.69 bits per heavy atom. The summed E-state index contributed by atoms with van der Waals surface area (Å²) in [5, 5.41) is 13.6. The second-order valence-corrected chi connectivity index (χ2v) is 8.70. The van der Waals surface area contributed by atoms with E-state index in [0.29, 0.717) is 30.6 Å². The summed E-state index contributed by atoms with van der Waals surface area (Å²) in [7, 11) is 0. The van der Waals surface area contributed by atoms with Gasteiger partial charge in [-0.1, -0.05) is 18.2 Å². The first-order chi connectivity index (χ1) is 17.6. The second kappa shape index (κ2) is 8.75. The first-order valence-corrected chi connectivity index (χ1v) is 11.6. The predicted octanol–water partition coefficient (Wildman–Crippen LogP) is 5.11. The van der Waals surface area contributed by atoms with Crippen LogP contribution in [-0.2, 0) is 13.0 Å². The second-order valence-electron chi connectivity index (χ2n) is 8.70. The Hall–Kier alpha value is -4.83. The van der Waals surface area contributed by atoms with Gasteiger partial charge in [-0.25, -0.2) is 4.39 Å². The van der Waals surface area contributed by atoms with Crippen molar-refractivity contribution in [1.82, 2.24) is 19.9 Å². The third-order valence-corrected chi connectivity index (χ3v) is 6.61. The van der Waals surface area contributed by atoms with Gasteiger partial charge in [0.25, 0.3) is 5.91 Å². The van der Waals surface area contributed by atoms with E-state index in [9.17, 15) is 14.4 Å². The van der Waals surface area contributed by atoms with E-state index in [1.54, 1.807) is 24.7 Å². The molecule has 0 atom stereocenters. The van der Waals surface area contributed by atoms with Crippen molar-refractivity contribution in [3.63, 3.8) is 0 Å². The Morgan fingerprint density at radius 2 is 1.86 bits per heavy atom. The molecule has 36 heavy (non-hydrogen) atoms. The molecule has 0 fully saturated rings. The van der Waals surface area contributed by atoms with Crippen LogP contribution in [0.3, 0.4) is 0 Å². The molecule has 0 radical (unpaired) electrons. The van der Waals surface area contributed by atoms with E-state index in [1.165, 1.54) is 12.1 Å². The molecular formula is C29H20FN5O. The molecule has 5 aromatic rings. The van der Waals surface area contributed by atoms with Crippen LogP contribution < -0.4 is 5.32 Å². The van der Waals surface area contributed by atoms with Gasteiger partial charge in [-0.2, -0.15) is 5.26 Å². The number of pyridine rings is 2. The highest BCUT2D eigenvalue weighted by Gasteiger charge is 2.31. The lowest BCUT2D eigenvalue weighted by Gasteiger charge is -2.18. The van der Waals surface area contributed by atoms with E-state index >= 15 is 0 Å². The Bertz CT molecular complexity index is 1680. The highest BCUT2D eigenvalue weighted by Crippen LogP contribution is 2.41. The Labute approximate surface area is 206 Å². The molecule has 0 aliphatic carbocycles. The van der Waals surface area contributed by atoms with Crippen molar-refractivity contribution in [3.8, 4) is 28.5 Å². The molecule has 0 spiro atoms. The summed E-state index contributed by atoms with van der Waals surface area (Å²) in [4.78, 5) is 21.9. The molecule has 1 amide bonds. The summed E-state index contributed by atoms with van der Waals surface area (Å²) in [6.45, 7) is 0.840. The van der Waals surface area contributed by atoms with Crippen LogP contribution in [0.1, 0.15) is 27.2 Å². The fourth-order valence-electron chi connectivity index (χ4n) is 5.01. The van der Waals surface area contributed by atoms with Crippen molar-refractivity contribution < 1.29 is 9.18 Å². The number of fused-ring (bicyclic) bond motifs is 2. The first-order valence-electron chi connectivity index (χ1n) is 11.6. The molecule has 0 saturated carbocycles. The molecule has 7 heteroatoms. The number of amides is 1. The van der Waals surface area contributed by atoms with Crippen LogP contribution in [0.2, 0.25) is 0 Å². The Balaban J connectivity index is 1.67. The van der Waals surface area contributed by atoms with Gasteiger partial charge in [0, 0.05) is 60.3 Å². The van der Waals surface area contributed by atoms with Crippen LogP contribution in [0.25, 0.3) is 33.3 Å². The molecule has 1 aliphatic heterocycles. The minimum atomic E-state index is -0.455. The maximum atomic E-state index is 13.9. The number of aromatic nitrogens is 3. The van der Waals surface area contributed by atoms with Crippen LogP contribution in [0.15, 0.2) is 79.3 Å². The Kier molecular flexibility index (Phi) is 5.27. The lowest BCUT2D eigenvalue weighted by Crippen LogP contribution is -2.32.